The first-order valence-electron chi connectivity index (χ1n) is 8.46. The van der Waals surface area contributed by atoms with Crippen molar-refractivity contribution in [2.75, 3.05) is 12.4 Å². The molecule has 0 radical (unpaired) electrons. The zero-order chi connectivity index (χ0) is 19.3. The second-order valence-corrected chi connectivity index (χ2v) is 6.70. The fraction of sp³-hybridized carbons (Fsp3) is 0.100. The van der Waals surface area contributed by atoms with E-state index in [0.717, 1.165) is 10.9 Å². The molecule has 8 heteroatoms. The monoisotopic (exact) mass is 392 g/mol. The van der Waals surface area contributed by atoms with Gasteiger partial charge in [0.05, 0.1) is 7.11 Å². The number of hydrogen-bond donors (Lipinski definition) is 1. The van der Waals surface area contributed by atoms with Crippen LogP contribution in [0.2, 0.25) is 0 Å². The molecule has 0 saturated carbocycles. The Bertz CT molecular complexity index is 1110. The number of rotatable bonds is 6. The van der Waals surface area contributed by atoms with Gasteiger partial charge in [0.15, 0.2) is 10.9 Å². The van der Waals surface area contributed by atoms with E-state index < -0.39 is 0 Å². The SMILES string of the molecule is COc1ccnc(NC(=O)c2oc3ccccc3c2CSc2ncccn2)c1. The molecule has 3 aromatic heterocycles. The van der Waals surface area contributed by atoms with Crippen molar-refractivity contribution in [3.63, 3.8) is 0 Å². The lowest BCUT2D eigenvalue weighted by Crippen LogP contribution is -2.13. The summed E-state index contributed by atoms with van der Waals surface area (Å²) in [5, 5.41) is 4.29. The van der Waals surface area contributed by atoms with E-state index in [1.165, 1.54) is 11.8 Å². The molecule has 0 spiro atoms. The van der Waals surface area contributed by atoms with Crippen LogP contribution >= 0.6 is 11.8 Å². The van der Waals surface area contributed by atoms with Gasteiger partial charge < -0.3 is 14.5 Å². The molecule has 28 heavy (non-hydrogen) atoms. The molecule has 140 valence electrons. The van der Waals surface area contributed by atoms with E-state index in [9.17, 15) is 4.79 Å². The predicted molar refractivity (Wildman–Crippen MR) is 107 cm³/mol. The maximum Gasteiger partial charge on any atom is 0.292 e. The Hall–Kier alpha value is -3.39. The molecule has 0 saturated heterocycles. The topological polar surface area (TPSA) is 90.1 Å². The first-order chi connectivity index (χ1) is 13.7. The molecule has 1 N–H and O–H groups in total. The lowest BCUT2D eigenvalue weighted by molar-refractivity contribution is 0.0997. The van der Waals surface area contributed by atoms with Crippen molar-refractivity contribution in [3.8, 4) is 5.75 Å². The number of methoxy groups -OCH3 is 1. The van der Waals surface area contributed by atoms with Crippen LogP contribution in [0.25, 0.3) is 11.0 Å². The smallest absolute Gasteiger partial charge is 0.292 e. The number of fused-ring (bicyclic) bond motifs is 1. The molecule has 0 unspecified atom stereocenters. The van der Waals surface area contributed by atoms with Crippen LogP contribution < -0.4 is 10.1 Å². The summed E-state index contributed by atoms with van der Waals surface area (Å²) in [4.78, 5) is 25.5. The van der Waals surface area contributed by atoms with Crippen LogP contribution in [0.1, 0.15) is 16.1 Å². The number of amides is 1. The summed E-state index contributed by atoms with van der Waals surface area (Å²) >= 11 is 1.44. The molecule has 0 fully saturated rings. The Morgan fingerprint density at radius 1 is 1.11 bits per heavy atom. The van der Waals surface area contributed by atoms with Gasteiger partial charge in [-0.25, -0.2) is 15.0 Å². The Labute approximate surface area is 165 Å². The van der Waals surface area contributed by atoms with Gasteiger partial charge in [-0.1, -0.05) is 30.0 Å². The van der Waals surface area contributed by atoms with Crippen LogP contribution in [-0.2, 0) is 5.75 Å². The van der Waals surface area contributed by atoms with Crippen molar-refractivity contribution in [1.82, 2.24) is 15.0 Å². The highest BCUT2D eigenvalue weighted by Crippen LogP contribution is 2.31. The summed E-state index contributed by atoms with van der Waals surface area (Å²) in [5.74, 6) is 1.35. The maximum absolute atomic E-state index is 12.9. The number of pyridine rings is 1. The summed E-state index contributed by atoms with van der Waals surface area (Å²) < 4.78 is 11.0. The molecular weight excluding hydrogens is 376 g/mol. The van der Waals surface area contributed by atoms with Gasteiger partial charge in [-0.3, -0.25) is 4.79 Å². The van der Waals surface area contributed by atoms with Crippen molar-refractivity contribution in [2.24, 2.45) is 0 Å². The minimum absolute atomic E-state index is 0.245. The van der Waals surface area contributed by atoms with Gasteiger partial charge in [-0.15, -0.1) is 0 Å². The normalized spacial score (nSPS) is 10.8. The number of furan rings is 1. The minimum Gasteiger partial charge on any atom is -0.497 e. The van der Waals surface area contributed by atoms with Crippen LogP contribution in [0.15, 0.2) is 70.6 Å². The zero-order valence-electron chi connectivity index (χ0n) is 15.0. The molecule has 4 aromatic rings. The highest BCUT2D eigenvalue weighted by atomic mass is 32.2. The number of nitrogens with zero attached hydrogens (tertiary/aromatic N) is 3. The molecule has 0 aliphatic rings. The van der Waals surface area contributed by atoms with Crippen molar-refractivity contribution in [1.29, 1.82) is 0 Å². The molecule has 0 aliphatic heterocycles. The number of benzene rings is 1. The van der Waals surface area contributed by atoms with E-state index in [0.29, 0.717) is 28.1 Å². The number of thioether (sulfide) groups is 1. The largest absolute Gasteiger partial charge is 0.497 e. The number of anilines is 1. The van der Waals surface area contributed by atoms with Crippen molar-refractivity contribution in [3.05, 3.63) is 72.4 Å². The standard InChI is InChI=1S/C20H16N4O3S/c1-26-13-7-10-21-17(11-13)24-19(25)18-15(12-28-20-22-8-4-9-23-20)14-5-2-3-6-16(14)27-18/h2-11H,12H2,1H3,(H,21,24,25). The molecule has 0 aliphatic carbocycles. The number of hydrogen-bond acceptors (Lipinski definition) is 7. The lowest BCUT2D eigenvalue weighted by atomic mass is 10.1. The van der Waals surface area contributed by atoms with Gasteiger partial charge in [0.2, 0.25) is 0 Å². The minimum atomic E-state index is -0.374. The number of carbonyl (C=O) groups is 1. The van der Waals surface area contributed by atoms with E-state index in [1.807, 2.05) is 24.3 Å². The fourth-order valence-corrected chi connectivity index (χ4v) is 3.53. The summed E-state index contributed by atoms with van der Waals surface area (Å²) in [6.07, 6.45) is 4.94. The first-order valence-corrected chi connectivity index (χ1v) is 9.45. The second-order valence-electron chi connectivity index (χ2n) is 5.76. The number of para-hydroxylation sites is 1. The maximum atomic E-state index is 12.9. The predicted octanol–water partition coefficient (Wildman–Crippen LogP) is 4.17. The molecule has 1 aromatic carbocycles. The third-order valence-corrected chi connectivity index (χ3v) is 4.90. The Morgan fingerprint density at radius 2 is 1.93 bits per heavy atom. The quantitative estimate of drug-likeness (QED) is 0.389. The first kappa shape index (κ1) is 18.0. The summed E-state index contributed by atoms with van der Waals surface area (Å²) in [5.41, 5.74) is 1.43. The summed E-state index contributed by atoms with van der Waals surface area (Å²) in [7, 11) is 1.56. The summed E-state index contributed by atoms with van der Waals surface area (Å²) in [6.45, 7) is 0. The van der Waals surface area contributed by atoms with Gasteiger partial charge >= 0.3 is 0 Å². The third kappa shape index (κ3) is 3.81. The Morgan fingerprint density at radius 3 is 2.75 bits per heavy atom. The van der Waals surface area contributed by atoms with Gasteiger partial charge in [-0.05, 0) is 18.2 Å². The van der Waals surface area contributed by atoms with Crippen molar-refractivity contribution in [2.45, 2.75) is 10.9 Å². The lowest BCUT2D eigenvalue weighted by Gasteiger charge is -2.06. The van der Waals surface area contributed by atoms with Gasteiger partial charge in [0, 0.05) is 41.4 Å². The molecule has 4 rings (SSSR count). The fourth-order valence-electron chi connectivity index (χ4n) is 2.70. The van der Waals surface area contributed by atoms with E-state index in [2.05, 4.69) is 20.3 Å². The average Bonchev–Trinajstić information content (AvgIpc) is 3.12. The third-order valence-electron chi connectivity index (χ3n) is 4.00. The van der Waals surface area contributed by atoms with Crippen LogP contribution in [0.5, 0.6) is 5.75 Å². The van der Waals surface area contributed by atoms with Gasteiger partial charge in [0.25, 0.3) is 5.91 Å². The molecule has 0 bridgehead atoms. The number of ether oxygens (including phenoxy) is 1. The van der Waals surface area contributed by atoms with Gasteiger partial charge in [-0.2, -0.15) is 0 Å². The highest BCUT2D eigenvalue weighted by Gasteiger charge is 2.21. The zero-order valence-corrected chi connectivity index (χ0v) is 15.8. The van der Waals surface area contributed by atoms with Crippen LogP contribution in [-0.4, -0.2) is 28.0 Å². The van der Waals surface area contributed by atoms with Crippen LogP contribution in [0.3, 0.4) is 0 Å². The van der Waals surface area contributed by atoms with E-state index >= 15 is 0 Å². The molecular formula is C20H16N4O3S. The Balaban J connectivity index is 1.64. The van der Waals surface area contributed by atoms with E-state index in [4.69, 9.17) is 9.15 Å². The number of carbonyl (C=O) groups excluding carboxylic acids is 1. The van der Waals surface area contributed by atoms with Crippen LogP contribution in [0, 0.1) is 0 Å². The van der Waals surface area contributed by atoms with E-state index in [1.54, 1.807) is 43.9 Å². The molecule has 1 amide bonds. The Kier molecular flexibility index (Phi) is 5.20. The summed E-state index contributed by atoms with van der Waals surface area (Å²) in [6, 6.07) is 12.7. The molecule has 0 atom stereocenters. The second kappa shape index (κ2) is 8.10. The van der Waals surface area contributed by atoms with Crippen molar-refractivity contribution >= 4 is 34.5 Å². The number of aromatic nitrogens is 3. The number of nitrogens with one attached hydrogen (secondary N) is 1. The highest BCUT2D eigenvalue weighted by molar-refractivity contribution is 7.98. The van der Waals surface area contributed by atoms with E-state index in [-0.39, 0.29) is 11.7 Å². The van der Waals surface area contributed by atoms with Crippen molar-refractivity contribution < 1.29 is 13.9 Å². The average molecular weight is 392 g/mol. The van der Waals surface area contributed by atoms with Gasteiger partial charge in [0.1, 0.15) is 17.2 Å². The van der Waals surface area contributed by atoms with Crippen LogP contribution in [0.4, 0.5) is 5.82 Å². The molecule has 7 nitrogen and oxygen atoms in total. The molecule has 3 heterocycles.